The maximum absolute atomic E-state index is 13.9. The number of aliphatic hydroxyl groups is 1. The number of carbonyl (C=O) groups excluding carboxylic acids is 1. The number of aromatic nitrogens is 1. The number of carbonyl (C=O) groups is 1. The van der Waals surface area contributed by atoms with Crippen molar-refractivity contribution in [2.45, 2.75) is 18.9 Å². The number of fused-ring (bicyclic) bond motifs is 1. The van der Waals surface area contributed by atoms with Gasteiger partial charge < -0.3 is 15.4 Å². The summed E-state index contributed by atoms with van der Waals surface area (Å²) in [5.41, 5.74) is 3.88. The molecule has 0 radical (unpaired) electrons. The van der Waals surface area contributed by atoms with Crippen LogP contribution in [0, 0.1) is 11.6 Å². The van der Waals surface area contributed by atoms with Crippen LogP contribution < -0.4 is 5.32 Å². The fraction of sp³-hybridized carbons (Fsp3) is 0.160. The molecule has 0 aliphatic carbocycles. The number of nitrogens with one attached hydrogen (secondary N) is 2. The second-order valence-corrected chi connectivity index (χ2v) is 7.41. The molecule has 6 heteroatoms. The summed E-state index contributed by atoms with van der Waals surface area (Å²) >= 11 is 0. The first-order chi connectivity index (χ1) is 15.0. The second-order valence-electron chi connectivity index (χ2n) is 7.41. The molecule has 4 rings (SSSR count). The van der Waals surface area contributed by atoms with Gasteiger partial charge in [-0.2, -0.15) is 0 Å². The Labute approximate surface area is 178 Å². The lowest BCUT2D eigenvalue weighted by Gasteiger charge is -2.12. The first-order valence-electron chi connectivity index (χ1n) is 10.1. The van der Waals surface area contributed by atoms with Crippen LogP contribution in [0.4, 0.5) is 8.78 Å². The molecule has 0 bridgehead atoms. The summed E-state index contributed by atoms with van der Waals surface area (Å²) in [6.07, 6.45) is -0.434. The average Bonchev–Trinajstić information content (AvgIpc) is 3.14. The van der Waals surface area contributed by atoms with E-state index in [1.165, 1.54) is 30.3 Å². The summed E-state index contributed by atoms with van der Waals surface area (Å²) in [6.45, 7) is -0.0175. The molecule has 0 fully saturated rings. The quantitative estimate of drug-likeness (QED) is 0.398. The van der Waals surface area contributed by atoms with Crippen LogP contribution in [0.5, 0.6) is 0 Å². The van der Waals surface area contributed by atoms with E-state index in [9.17, 15) is 18.7 Å². The third kappa shape index (κ3) is 4.81. The number of hydrogen-bond acceptors (Lipinski definition) is 2. The molecular formula is C25H22F2N2O2. The van der Waals surface area contributed by atoms with E-state index in [0.29, 0.717) is 12.0 Å². The molecule has 0 saturated carbocycles. The van der Waals surface area contributed by atoms with Crippen molar-refractivity contribution in [1.82, 2.24) is 10.3 Å². The van der Waals surface area contributed by atoms with Crippen molar-refractivity contribution in [1.29, 1.82) is 0 Å². The van der Waals surface area contributed by atoms with Crippen LogP contribution in [0.25, 0.3) is 22.2 Å². The molecule has 1 heterocycles. The number of aromatic amines is 1. The normalized spacial score (nSPS) is 12.1. The van der Waals surface area contributed by atoms with Crippen molar-refractivity contribution < 1.29 is 18.7 Å². The van der Waals surface area contributed by atoms with E-state index < -0.39 is 11.9 Å². The first-order valence-corrected chi connectivity index (χ1v) is 10.1. The number of benzene rings is 3. The van der Waals surface area contributed by atoms with Gasteiger partial charge in [-0.25, -0.2) is 8.78 Å². The molecule has 1 aromatic heterocycles. The summed E-state index contributed by atoms with van der Waals surface area (Å²) in [5.74, 6) is -1.03. The number of aryl methyl sites for hydroxylation is 1. The lowest BCUT2D eigenvalue weighted by atomic mass is 10.0. The molecule has 0 aliphatic heterocycles. The highest BCUT2D eigenvalue weighted by atomic mass is 19.1. The zero-order valence-electron chi connectivity index (χ0n) is 16.7. The molecule has 1 amide bonds. The van der Waals surface area contributed by atoms with Gasteiger partial charge in [-0.1, -0.05) is 42.5 Å². The Hall–Kier alpha value is -3.51. The van der Waals surface area contributed by atoms with Crippen molar-refractivity contribution in [3.05, 3.63) is 95.6 Å². The Balaban J connectivity index is 1.48. The van der Waals surface area contributed by atoms with E-state index in [0.717, 1.165) is 27.7 Å². The third-order valence-corrected chi connectivity index (χ3v) is 5.26. The second kappa shape index (κ2) is 9.10. The lowest BCUT2D eigenvalue weighted by Crippen LogP contribution is -2.28. The molecule has 0 spiro atoms. The fourth-order valence-electron chi connectivity index (χ4n) is 3.70. The zero-order chi connectivity index (χ0) is 21.8. The van der Waals surface area contributed by atoms with Crippen molar-refractivity contribution >= 4 is 16.8 Å². The Morgan fingerprint density at radius 1 is 0.968 bits per heavy atom. The molecule has 3 aromatic carbocycles. The SMILES string of the molecule is O=C(CCc1c(-c2ccccc2)[nH]c2ccc(F)cc12)NCC(O)c1cccc(F)c1. The van der Waals surface area contributed by atoms with Crippen LogP contribution in [0.1, 0.15) is 23.7 Å². The zero-order valence-corrected chi connectivity index (χ0v) is 16.7. The van der Waals surface area contributed by atoms with Crippen LogP contribution in [-0.2, 0) is 11.2 Å². The maximum Gasteiger partial charge on any atom is 0.220 e. The summed E-state index contributed by atoms with van der Waals surface area (Å²) in [6, 6.07) is 19.9. The molecule has 4 aromatic rings. The van der Waals surface area contributed by atoms with E-state index in [2.05, 4.69) is 10.3 Å². The lowest BCUT2D eigenvalue weighted by molar-refractivity contribution is -0.121. The van der Waals surface area contributed by atoms with E-state index in [1.54, 1.807) is 12.1 Å². The predicted molar refractivity (Wildman–Crippen MR) is 116 cm³/mol. The van der Waals surface area contributed by atoms with Gasteiger partial charge >= 0.3 is 0 Å². The molecule has 31 heavy (non-hydrogen) atoms. The van der Waals surface area contributed by atoms with Crippen molar-refractivity contribution in [2.24, 2.45) is 0 Å². The van der Waals surface area contributed by atoms with Gasteiger partial charge in [0, 0.05) is 29.6 Å². The minimum Gasteiger partial charge on any atom is -0.387 e. The molecule has 0 aliphatic rings. The largest absolute Gasteiger partial charge is 0.387 e. The standard InChI is InChI=1S/C25H22F2N2O2/c26-18-8-4-7-17(13-18)23(30)15-28-24(31)12-10-20-21-14-19(27)9-11-22(21)29-25(20)16-5-2-1-3-6-16/h1-9,11,13-14,23,29-30H,10,12,15H2,(H,28,31). The topological polar surface area (TPSA) is 65.1 Å². The highest BCUT2D eigenvalue weighted by Gasteiger charge is 2.16. The summed E-state index contributed by atoms with van der Waals surface area (Å²) < 4.78 is 27.2. The minimum absolute atomic E-state index is 0.0175. The van der Waals surface area contributed by atoms with Crippen molar-refractivity contribution in [2.75, 3.05) is 6.54 Å². The Kier molecular flexibility index (Phi) is 6.09. The van der Waals surface area contributed by atoms with Gasteiger partial charge in [0.2, 0.25) is 5.91 Å². The van der Waals surface area contributed by atoms with E-state index >= 15 is 0 Å². The molecule has 1 unspecified atom stereocenters. The van der Waals surface area contributed by atoms with Crippen LogP contribution in [0.15, 0.2) is 72.8 Å². The Bertz CT molecular complexity index is 1200. The maximum atomic E-state index is 13.9. The van der Waals surface area contributed by atoms with Gasteiger partial charge in [0.15, 0.2) is 0 Å². The van der Waals surface area contributed by atoms with E-state index in [1.807, 2.05) is 30.3 Å². The first kappa shape index (κ1) is 20.8. The molecule has 1 atom stereocenters. The van der Waals surface area contributed by atoms with Gasteiger partial charge in [0.25, 0.3) is 0 Å². The minimum atomic E-state index is -0.998. The number of rotatable bonds is 7. The van der Waals surface area contributed by atoms with Crippen molar-refractivity contribution in [3.8, 4) is 11.3 Å². The summed E-state index contributed by atoms with van der Waals surface area (Å²) in [4.78, 5) is 15.7. The number of amides is 1. The Morgan fingerprint density at radius 3 is 2.52 bits per heavy atom. The average molecular weight is 420 g/mol. The molecular weight excluding hydrogens is 398 g/mol. The highest BCUT2D eigenvalue weighted by molar-refractivity contribution is 5.91. The number of hydrogen-bond donors (Lipinski definition) is 3. The molecule has 4 nitrogen and oxygen atoms in total. The van der Waals surface area contributed by atoms with Gasteiger partial charge in [0.05, 0.1) is 6.10 Å². The summed E-state index contributed by atoms with van der Waals surface area (Å²) in [5, 5.41) is 13.6. The van der Waals surface area contributed by atoms with Crippen LogP contribution in [0.2, 0.25) is 0 Å². The summed E-state index contributed by atoms with van der Waals surface area (Å²) in [7, 11) is 0. The van der Waals surface area contributed by atoms with E-state index in [-0.39, 0.29) is 24.7 Å². The van der Waals surface area contributed by atoms with Gasteiger partial charge in [-0.15, -0.1) is 0 Å². The van der Waals surface area contributed by atoms with Crippen LogP contribution >= 0.6 is 0 Å². The van der Waals surface area contributed by atoms with Gasteiger partial charge in [-0.05, 0) is 53.4 Å². The highest BCUT2D eigenvalue weighted by Crippen LogP contribution is 2.31. The van der Waals surface area contributed by atoms with Crippen molar-refractivity contribution in [3.63, 3.8) is 0 Å². The smallest absolute Gasteiger partial charge is 0.220 e. The van der Waals surface area contributed by atoms with Gasteiger partial charge in [0.1, 0.15) is 11.6 Å². The predicted octanol–water partition coefficient (Wildman–Crippen LogP) is 4.90. The molecule has 0 saturated heterocycles. The third-order valence-electron chi connectivity index (χ3n) is 5.26. The van der Waals surface area contributed by atoms with Crippen LogP contribution in [0.3, 0.4) is 0 Å². The monoisotopic (exact) mass is 420 g/mol. The number of H-pyrrole nitrogens is 1. The van der Waals surface area contributed by atoms with Gasteiger partial charge in [-0.3, -0.25) is 4.79 Å². The number of halogens is 2. The van der Waals surface area contributed by atoms with Crippen LogP contribution in [-0.4, -0.2) is 22.5 Å². The fourth-order valence-corrected chi connectivity index (χ4v) is 3.70. The number of aliphatic hydroxyl groups excluding tert-OH is 1. The molecule has 3 N–H and O–H groups in total. The molecule has 158 valence electrons. The van der Waals surface area contributed by atoms with E-state index in [4.69, 9.17) is 0 Å². The Morgan fingerprint density at radius 2 is 1.74 bits per heavy atom.